The first-order valence-electron chi connectivity index (χ1n) is 14.2. The molecule has 0 aromatic heterocycles. The van der Waals surface area contributed by atoms with Crippen LogP contribution in [-0.2, 0) is 17.1 Å². The summed E-state index contributed by atoms with van der Waals surface area (Å²) in [7, 11) is -4.80. The van der Waals surface area contributed by atoms with Gasteiger partial charge in [-0.2, -0.15) is 0 Å². The van der Waals surface area contributed by atoms with Crippen LogP contribution in [0.4, 0.5) is 0 Å². The van der Waals surface area contributed by atoms with E-state index >= 15 is 0 Å². The first kappa shape index (κ1) is 34.8. The van der Waals surface area contributed by atoms with Crippen molar-refractivity contribution in [2.45, 2.75) is 0 Å². The van der Waals surface area contributed by atoms with Gasteiger partial charge in [-0.25, -0.2) is 0 Å². The molecule has 43 heavy (non-hydrogen) atoms. The zero-order valence-electron chi connectivity index (χ0n) is 23.8. The van der Waals surface area contributed by atoms with E-state index in [1.165, 1.54) is 31.8 Å². The van der Waals surface area contributed by atoms with Gasteiger partial charge in [0, 0.05) is 0 Å². The van der Waals surface area contributed by atoms with E-state index in [1.54, 1.807) is 0 Å². The Morgan fingerprint density at radius 3 is 0.535 bits per heavy atom. The summed E-state index contributed by atoms with van der Waals surface area (Å²) in [6.45, 7) is 0. The van der Waals surface area contributed by atoms with Crippen LogP contribution in [0.15, 0.2) is 182 Å². The normalized spacial score (nSPS) is 11.6. The van der Waals surface area contributed by atoms with Crippen LogP contribution >= 0.6 is 14.5 Å². The van der Waals surface area contributed by atoms with E-state index in [1.807, 2.05) is 0 Å². The molecule has 0 fully saturated rings. The SMILES string of the molecule is [Cl-].[Cl-].[Fe+2].c1ccc([PH](CC[PH](c2ccccc2)(c2ccccc2)c2ccccc2)(c2ccccc2)c2ccccc2)cc1. The van der Waals surface area contributed by atoms with Crippen LogP contribution in [-0.4, -0.2) is 12.3 Å². The molecule has 0 bridgehead atoms. The second kappa shape index (κ2) is 16.4. The van der Waals surface area contributed by atoms with Crippen LogP contribution in [0.5, 0.6) is 0 Å². The van der Waals surface area contributed by atoms with Crippen molar-refractivity contribution in [3.05, 3.63) is 182 Å². The minimum absolute atomic E-state index is 0. The average Bonchev–Trinajstić information content (AvgIpc) is 3.06. The number of benzene rings is 6. The predicted molar refractivity (Wildman–Crippen MR) is 183 cm³/mol. The monoisotopic (exact) mass is 680 g/mol. The van der Waals surface area contributed by atoms with Gasteiger partial charge in [0.1, 0.15) is 0 Å². The van der Waals surface area contributed by atoms with Gasteiger partial charge in [0.15, 0.2) is 0 Å². The minimum atomic E-state index is -2.40. The van der Waals surface area contributed by atoms with Crippen LogP contribution in [0.1, 0.15) is 0 Å². The van der Waals surface area contributed by atoms with Crippen LogP contribution < -0.4 is 56.6 Å². The second-order valence-corrected chi connectivity index (χ2v) is 18.6. The quantitative estimate of drug-likeness (QED) is 0.154. The number of hydrogen-bond acceptors (Lipinski definition) is 0. The van der Waals surface area contributed by atoms with E-state index in [4.69, 9.17) is 0 Å². The maximum atomic E-state index is 2.38. The van der Waals surface area contributed by atoms with Crippen molar-refractivity contribution in [1.29, 1.82) is 0 Å². The van der Waals surface area contributed by atoms with E-state index in [0.29, 0.717) is 0 Å². The summed E-state index contributed by atoms with van der Waals surface area (Å²) in [6, 6.07) is 68.1. The summed E-state index contributed by atoms with van der Waals surface area (Å²) < 4.78 is 0. The average molecular weight is 681 g/mol. The van der Waals surface area contributed by atoms with Crippen molar-refractivity contribution in [2.75, 3.05) is 12.3 Å². The molecule has 0 aliphatic heterocycles. The van der Waals surface area contributed by atoms with Gasteiger partial charge >= 0.3 is 258 Å². The van der Waals surface area contributed by atoms with E-state index < -0.39 is 14.5 Å². The summed E-state index contributed by atoms with van der Waals surface area (Å²) in [5.74, 6) is 0. The molecule has 6 aromatic carbocycles. The van der Waals surface area contributed by atoms with E-state index in [2.05, 4.69) is 182 Å². The molecule has 0 amide bonds. The Morgan fingerprint density at radius 2 is 0.395 bits per heavy atom. The van der Waals surface area contributed by atoms with Gasteiger partial charge < -0.3 is 24.8 Å². The molecular formula is C38H36Cl2FeP2. The fourth-order valence-electron chi connectivity index (χ4n) is 6.58. The van der Waals surface area contributed by atoms with Gasteiger partial charge in [0.25, 0.3) is 0 Å². The third kappa shape index (κ3) is 7.00. The van der Waals surface area contributed by atoms with Crippen molar-refractivity contribution in [1.82, 2.24) is 0 Å². The molecule has 0 aliphatic carbocycles. The Bertz CT molecular complexity index is 1300. The third-order valence-corrected chi connectivity index (χ3v) is 18.9. The Hall–Kier alpha value is -2.72. The molecular weight excluding hydrogens is 645 g/mol. The molecule has 0 N–H and O–H groups in total. The second-order valence-electron chi connectivity index (χ2n) is 10.5. The molecule has 0 saturated carbocycles. The molecule has 0 nitrogen and oxygen atoms in total. The Morgan fingerprint density at radius 1 is 0.256 bits per heavy atom. The van der Waals surface area contributed by atoms with E-state index in [-0.39, 0.29) is 41.9 Å². The first-order valence-corrected chi connectivity index (χ1v) is 18.6. The van der Waals surface area contributed by atoms with Crippen molar-refractivity contribution < 1.29 is 41.9 Å². The zero-order chi connectivity index (χ0) is 27.1. The molecule has 0 saturated heterocycles. The summed E-state index contributed by atoms with van der Waals surface area (Å²) >= 11 is 0. The molecule has 0 unspecified atom stereocenters. The van der Waals surface area contributed by atoms with Crippen LogP contribution in [0.2, 0.25) is 0 Å². The first-order chi connectivity index (χ1) is 19.8. The third-order valence-electron chi connectivity index (χ3n) is 8.47. The molecule has 0 aliphatic rings. The van der Waals surface area contributed by atoms with Gasteiger partial charge in [-0.05, 0) is 0 Å². The Balaban J connectivity index is 0.00000169. The van der Waals surface area contributed by atoms with Gasteiger partial charge in [-0.15, -0.1) is 0 Å². The predicted octanol–water partition coefficient (Wildman–Crippen LogP) is 0.445. The van der Waals surface area contributed by atoms with Gasteiger partial charge in [-0.1, -0.05) is 0 Å². The van der Waals surface area contributed by atoms with Crippen molar-refractivity contribution >= 4 is 46.4 Å². The van der Waals surface area contributed by atoms with Gasteiger partial charge in [-0.3, -0.25) is 0 Å². The molecule has 0 heterocycles. The van der Waals surface area contributed by atoms with Crippen molar-refractivity contribution in [3.63, 3.8) is 0 Å². The van der Waals surface area contributed by atoms with Crippen LogP contribution in [0.3, 0.4) is 0 Å². The molecule has 6 aromatic rings. The fourth-order valence-corrected chi connectivity index (χ4v) is 17.9. The number of halogens is 2. The Kier molecular flexibility index (Phi) is 13.2. The van der Waals surface area contributed by atoms with E-state index in [0.717, 1.165) is 12.3 Å². The van der Waals surface area contributed by atoms with Gasteiger partial charge in [0.2, 0.25) is 0 Å². The van der Waals surface area contributed by atoms with Crippen LogP contribution in [0, 0.1) is 0 Å². The summed E-state index contributed by atoms with van der Waals surface area (Å²) in [5, 5.41) is 8.86. The summed E-state index contributed by atoms with van der Waals surface area (Å²) in [4.78, 5) is 0. The van der Waals surface area contributed by atoms with Crippen LogP contribution in [0.25, 0.3) is 0 Å². The van der Waals surface area contributed by atoms with Gasteiger partial charge in [0.05, 0.1) is 0 Å². The maximum absolute atomic E-state index is 2.40. The topological polar surface area (TPSA) is 0 Å². The summed E-state index contributed by atoms with van der Waals surface area (Å²) in [5.41, 5.74) is 0. The molecule has 0 atom stereocenters. The standard InChI is InChI=1S/C38H36P2.2ClH.Fe/c1-7-19-33(20-8-1)39(34-21-9-2-10-22-34,35-23-11-3-12-24-35)31-32-40(36-25-13-4-14-26-36,37-27-15-5-16-28-37)38-29-17-6-18-30-38;;;/h1-30,39-40H,31-32H2;2*1H;/q;;;+2/p-2. The molecule has 5 heteroatoms. The van der Waals surface area contributed by atoms with Crippen molar-refractivity contribution in [3.8, 4) is 0 Å². The summed E-state index contributed by atoms with van der Waals surface area (Å²) in [6.07, 6.45) is 2.24. The number of rotatable bonds is 9. The molecule has 0 radical (unpaired) electrons. The molecule has 0 spiro atoms. The zero-order valence-corrected chi connectivity index (χ0v) is 28.5. The number of hydrogen-bond donors (Lipinski definition) is 0. The Labute approximate surface area is 281 Å². The molecule has 220 valence electrons. The van der Waals surface area contributed by atoms with Crippen molar-refractivity contribution in [2.24, 2.45) is 0 Å². The fraction of sp³-hybridized carbons (Fsp3) is 0.0526. The van der Waals surface area contributed by atoms with E-state index in [9.17, 15) is 0 Å². The molecule has 6 rings (SSSR count).